The third-order valence-electron chi connectivity index (χ3n) is 2.81. The lowest BCUT2D eigenvalue weighted by atomic mass is 10.1. The summed E-state index contributed by atoms with van der Waals surface area (Å²) in [7, 11) is 1.63. The maximum absolute atomic E-state index is 8.92. The van der Waals surface area contributed by atoms with Crippen LogP contribution in [0.3, 0.4) is 0 Å². The van der Waals surface area contributed by atoms with Crippen LogP contribution in [0.5, 0.6) is 5.75 Å². The molecule has 0 atom stereocenters. The first-order chi connectivity index (χ1) is 8.76. The van der Waals surface area contributed by atoms with Crippen molar-refractivity contribution in [3.8, 4) is 11.8 Å². The van der Waals surface area contributed by atoms with E-state index in [0.29, 0.717) is 18.7 Å². The Morgan fingerprint density at radius 1 is 1.39 bits per heavy atom. The number of hydrogen-bond donors (Lipinski definition) is 1. The Morgan fingerprint density at radius 2 is 2.22 bits per heavy atom. The average molecular weight is 241 g/mol. The van der Waals surface area contributed by atoms with Crippen molar-refractivity contribution in [3.63, 3.8) is 0 Å². The van der Waals surface area contributed by atoms with Crippen molar-refractivity contribution in [2.24, 2.45) is 5.73 Å². The molecule has 2 rings (SSSR count). The van der Waals surface area contributed by atoms with Gasteiger partial charge in [-0.1, -0.05) is 0 Å². The van der Waals surface area contributed by atoms with E-state index in [1.165, 1.54) is 0 Å². The minimum Gasteiger partial charge on any atom is -0.496 e. The third-order valence-corrected chi connectivity index (χ3v) is 2.81. The van der Waals surface area contributed by atoms with Crippen LogP contribution >= 0.6 is 0 Å². The number of ether oxygens (including phenoxy) is 1. The molecule has 0 fully saturated rings. The number of nitrogens with two attached hydrogens (primary N) is 1. The number of aromatic nitrogens is 1. The molecular formula is C14H15N3O. The van der Waals surface area contributed by atoms with Crippen LogP contribution in [0.25, 0.3) is 0 Å². The van der Waals surface area contributed by atoms with Crippen LogP contribution in [0, 0.1) is 11.3 Å². The lowest BCUT2D eigenvalue weighted by molar-refractivity contribution is 0.408. The fourth-order valence-corrected chi connectivity index (χ4v) is 1.88. The molecule has 4 nitrogen and oxygen atoms in total. The second kappa shape index (κ2) is 5.39. The van der Waals surface area contributed by atoms with Gasteiger partial charge in [0.15, 0.2) is 0 Å². The lowest BCUT2D eigenvalue weighted by Crippen LogP contribution is -2.01. The van der Waals surface area contributed by atoms with Crippen molar-refractivity contribution in [1.29, 1.82) is 5.26 Å². The smallest absolute Gasteiger partial charge is 0.123 e. The molecule has 1 heterocycles. The van der Waals surface area contributed by atoms with Crippen LogP contribution in [0.1, 0.15) is 16.7 Å². The quantitative estimate of drug-likeness (QED) is 0.888. The molecule has 0 aliphatic heterocycles. The van der Waals surface area contributed by atoms with E-state index in [1.807, 2.05) is 35.2 Å². The van der Waals surface area contributed by atoms with E-state index in [-0.39, 0.29) is 0 Å². The first-order valence-electron chi connectivity index (χ1n) is 5.68. The highest BCUT2D eigenvalue weighted by Crippen LogP contribution is 2.21. The van der Waals surface area contributed by atoms with Gasteiger partial charge in [-0.3, -0.25) is 0 Å². The van der Waals surface area contributed by atoms with E-state index in [4.69, 9.17) is 15.7 Å². The highest BCUT2D eigenvalue weighted by Gasteiger charge is 2.05. The van der Waals surface area contributed by atoms with Crippen LogP contribution in [0.4, 0.5) is 0 Å². The van der Waals surface area contributed by atoms with E-state index in [9.17, 15) is 0 Å². The summed E-state index contributed by atoms with van der Waals surface area (Å²) in [4.78, 5) is 0. The van der Waals surface area contributed by atoms with Crippen molar-refractivity contribution < 1.29 is 4.74 Å². The largest absolute Gasteiger partial charge is 0.496 e. The number of methoxy groups -OCH3 is 1. The molecule has 0 spiro atoms. The molecule has 0 bridgehead atoms. The van der Waals surface area contributed by atoms with Crippen LogP contribution in [0.2, 0.25) is 0 Å². The van der Waals surface area contributed by atoms with Gasteiger partial charge in [-0.15, -0.1) is 0 Å². The molecule has 0 saturated carbocycles. The summed E-state index contributed by atoms with van der Waals surface area (Å²) in [6.07, 6.45) is 3.97. The van der Waals surface area contributed by atoms with Gasteiger partial charge in [0.25, 0.3) is 0 Å². The molecule has 4 heteroatoms. The first kappa shape index (κ1) is 12.2. The summed E-state index contributed by atoms with van der Waals surface area (Å²) in [6.45, 7) is 1.20. The first-order valence-corrected chi connectivity index (χ1v) is 5.68. The predicted octanol–water partition coefficient (Wildman–Crippen LogP) is 1.88. The van der Waals surface area contributed by atoms with E-state index in [1.54, 1.807) is 13.2 Å². The molecule has 0 amide bonds. The van der Waals surface area contributed by atoms with E-state index >= 15 is 0 Å². The summed E-state index contributed by atoms with van der Waals surface area (Å²) in [5.41, 5.74) is 8.28. The van der Waals surface area contributed by atoms with Crippen molar-refractivity contribution in [3.05, 3.63) is 53.3 Å². The fourth-order valence-electron chi connectivity index (χ4n) is 1.88. The maximum Gasteiger partial charge on any atom is 0.123 e. The standard InChI is InChI=1S/C14H15N3O/c1-18-14-3-2-11(7-15)6-13(14)10-17-5-4-12(8-16)9-17/h2-6,9H,8,10,16H2,1H3. The van der Waals surface area contributed by atoms with E-state index in [2.05, 4.69) is 6.07 Å². The highest BCUT2D eigenvalue weighted by molar-refractivity contribution is 5.42. The Balaban J connectivity index is 2.29. The lowest BCUT2D eigenvalue weighted by Gasteiger charge is -2.09. The normalized spacial score (nSPS) is 10.1. The van der Waals surface area contributed by atoms with E-state index < -0.39 is 0 Å². The molecular weight excluding hydrogens is 226 g/mol. The van der Waals surface area contributed by atoms with Crippen molar-refractivity contribution >= 4 is 0 Å². The van der Waals surface area contributed by atoms with Gasteiger partial charge in [-0.05, 0) is 29.8 Å². The van der Waals surface area contributed by atoms with Gasteiger partial charge in [0.05, 0.1) is 25.3 Å². The minimum atomic E-state index is 0.530. The van der Waals surface area contributed by atoms with Gasteiger partial charge in [-0.25, -0.2) is 0 Å². The van der Waals surface area contributed by atoms with Gasteiger partial charge in [0.2, 0.25) is 0 Å². The Bertz CT molecular complexity index is 581. The maximum atomic E-state index is 8.92. The number of nitriles is 1. The summed E-state index contributed by atoms with van der Waals surface area (Å²) < 4.78 is 7.33. The zero-order valence-corrected chi connectivity index (χ0v) is 10.3. The summed E-state index contributed by atoms with van der Waals surface area (Å²) in [6, 6.07) is 9.54. The van der Waals surface area contributed by atoms with Gasteiger partial charge >= 0.3 is 0 Å². The topological polar surface area (TPSA) is 64.0 Å². The number of nitrogens with zero attached hydrogens (tertiary/aromatic N) is 2. The van der Waals surface area contributed by atoms with Crippen LogP contribution < -0.4 is 10.5 Å². The number of rotatable bonds is 4. The Kier molecular flexibility index (Phi) is 3.66. The molecule has 92 valence electrons. The third kappa shape index (κ3) is 2.53. The van der Waals surface area contributed by atoms with Crippen molar-refractivity contribution in [2.45, 2.75) is 13.1 Å². The Hall–Kier alpha value is -2.25. The van der Waals surface area contributed by atoms with Crippen LogP contribution in [-0.2, 0) is 13.1 Å². The monoisotopic (exact) mass is 241 g/mol. The number of benzene rings is 1. The average Bonchev–Trinajstić information content (AvgIpc) is 2.86. The summed E-state index contributed by atoms with van der Waals surface area (Å²) in [5.74, 6) is 0.789. The summed E-state index contributed by atoms with van der Waals surface area (Å²) in [5, 5.41) is 8.92. The number of hydrogen-bond acceptors (Lipinski definition) is 3. The fraction of sp³-hybridized carbons (Fsp3) is 0.214. The molecule has 2 N–H and O–H groups in total. The Labute approximate surface area is 106 Å². The van der Waals surface area contributed by atoms with Crippen molar-refractivity contribution in [2.75, 3.05) is 7.11 Å². The molecule has 1 aromatic heterocycles. The molecule has 0 aliphatic rings. The minimum absolute atomic E-state index is 0.530. The zero-order valence-electron chi connectivity index (χ0n) is 10.3. The summed E-state index contributed by atoms with van der Waals surface area (Å²) >= 11 is 0. The van der Waals surface area contributed by atoms with E-state index in [0.717, 1.165) is 16.9 Å². The van der Waals surface area contributed by atoms with Crippen LogP contribution in [0.15, 0.2) is 36.7 Å². The van der Waals surface area contributed by atoms with Crippen molar-refractivity contribution in [1.82, 2.24) is 4.57 Å². The molecule has 0 saturated heterocycles. The molecule has 0 radical (unpaired) electrons. The van der Waals surface area contributed by atoms with Crippen LogP contribution in [-0.4, -0.2) is 11.7 Å². The molecule has 18 heavy (non-hydrogen) atoms. The molecule has 2 aromatic rings. The highest BCUT2D eigenvalue weighted by atomic mass is 16.5. The zero-order chi connectivity index (χ0) is 13.0. The molecule has 1 aromatic carbocycles. The Morgan fingerprint density at radius 3 is 2.83 bits per heavy atom. The SMILES string of the molecule is COc1ccc(C#N)cc1Cn1ccc(CN)c1. The second-order valence-electron chi connectivity index (χ2n) is 4.03. The van der Waals surface area contributed by atoms with Gasteiger partial charge < -0.3 is 15.0 Å². The van der Waals surface area contributed by atoms with Gasteiger partial charge in [-0.2, -0.15) is 5.26 Å². The van der Waals surface area contributed by atoms with Gasteiger partial charge in [0.1, 0.15) is 5.75 Å². The second-order valence-corrected chi connectivity index (χ2v) is 4.03. The molecule has 0 unspecified atom stereocenters. The predicted molar refractivity (Wildman–Crippen MR) is 69.1 cm³/mol. The molecule has 0 aliphatic carbocycles. The van der Waals surface area contributed by atoms with Gasteiger partial charge in [0, 0.05) is 24.5 Å².